The van der Waals surface area contributed by atoms with Gasteiger partial charge in [0.05, 0.1) is 25.1 Å². The van der Waals surface area contributed by atoms with Gasteiger partial charge in [-0.05, 0) is 0 Å². The van der Waals surface area contributed by atoms with Gasteiger partial charge in [-0.1, -0.05) is 17.4 Å². The molecule has 0 saturated carbocycles. The van der Waals surface area contributed by atoms with Crippen molar-refractivity contribution in [2.24, 2.45) is 0 Å². The molecule has 1 fully saturated rings. The summed E-state index contributed by atoms with van der Waals surface area (Å²) < 4.78 is 5.14. The third-order valence-corrected chi connectivity index (χ3v) is 4.35. The van der Waals surface area contributed by atoms with Crippen molar-refractivity contribution in [3.8, 4) is 5.19 Å². The Bertz CT molecular complexity index is 608. The van der Waals surface area contributed by atoms with Crippen molar-refractivity contribution in [2.45, 2.75) is 12.2 Å². The normalized spacial score (nSPS) is 23.5. The maximum Gasteiger partial charge on any atom is 0.350 e. The summed E-state index contributed by atoms with van der Waals surface area (Å²) in [5.74, 6) is 0. The van der Waals surface area contributed by atoms with Crippen LogP contribution in [0.1, 0.15) is 22.8 Å². The molecule has 0 aliphatic carbocycles. The van der Waals surface area contributed by atoms with Crippen molar-refractivity contribution in [3.63, 3.8) is 0 Å². The molecule has 2 aliphatic heterocycles. The van der Waals surface area contributed by atoms with Gasteiger partial charge in [-0.2, -0.15) is 10.0 Å². The lowest BCUT2D eigenvalue weighted by Gasteiger charge is -2.21. The topological polar surface area (TPSA) is 59.3 Å². The van der Waals surface area contributed by atoms with Crippen molar-refractivity contribution in [1.29, 1.82) is 0 Å². The molecule has 0 N–H and O–H groups in total. The van der Waals surface area contributed by atoms with Crippen molar-refractivity contribution in [3.05, 3.63) is 34.6 Å². The Balaban J connectivity index is 2.03. The number of rotatable bonds is 4. The van der Waals surface area contributed by atoms with Crippen LogP contribution in [0.2, 0.25) is 0 Å². The number of aromatic nitrogens is 1. The van der Waals surface area contributed by atoms with Gasteiger partial charge in [0.15, 0.2) is 5.69 Å². The van der Waals surface area contributed by atoms with Crippen LogP contribution in [0.15, 0.2) is 12.7 Å². The zero-order chi connectivity index (χ0) is 14.3. The molecule has 2 bridgehead atoms. The van der Waals surface area contributed by atoms with Crippen LogP contribution < -0.4 is 4.74 Å². The van der Waals surface area contributed by atoms with Crippen molar-refractivity contribution in [2.75, 3.05) is 20.3 Å². The number of amides is 2. The molecule has 1 unspecified atom stereocenters. The summed E-state index contributed by atoms with van der Waals surface area (Å²) in [5, 5.41) is 1.80. The molecule has 1 aromatic rings. The zero-order valence-corrected chi connectivity index (χ0v) is 11.6. The first-order chi connectivity index (χ1) is 9.71. The van der Waals surface area contributed by atoms with Crippen LogP contribution in [0.4, 0.5) is 4.79 Å². The first kappa shape index (κ1) is 12.9. The van der Waals surface area contributed by atoms with E-state index >= 15 is 0 Å². The number of hydrogen-bond donors (Lipinski definition) is 0. The molecule has 0 aromatic carbocycles. The third-order valence-electron chi connectivity index (χ3n) is 3.22. The zero-order valence-electron chi connectivity index (χ0n) is 10.8. The van der Waals surface area contributed by atoms with Gasteiger partial charge in [-0.3, -0.25) is 9.68 Å². The minimum absolute atomic E-state index is 0.239. The summed E-state index contributed by atoms with van der Waals surface area (Å²) in [4.78, 5) is 27.9. The minimum atomic E-state index is -0.703. The summed E-state index contributed by atoms with van der Waals surface area (Å²) in [5.41, 5.74) is 0.594. The highest BCUT2D eigenvalue weighted by molar-refractivity contribution is 7.13. The number of fused-ring (bicyclic) bond motifs is 4. The first-order valence-electron chi connectivity index (χ1n) is 5.96. The highest BCUT2D eigenvalue weighted by atomic mass is 32.1. The highest BCUT2D eigenvalue weighted by Crippen LogP contribution is 2.47. The second-order valence-electron chi connectivity index (χ2n) is 4.30. The van der Waals surface area contributed by atoms with Crippen LogP contribution in [0.3, 0.4) is 0 Å². The SMILES string of the molecule is [C-]#[N+][C@@H]1c2nc(OC)sc2C2CN1C(=O)N2OCC=C. The second kappa shape index (κ2) is 4.77. The number of methoxy groups -OCH3 is 1. The van der Waals surface area contributed by atoms with Gasteiger partial charge in [-0.25, -0.2) is 16.3 Å². The number of nitrogens with zero attached hydrogens (tertiary/aromatic N) is 4. The summed E-state index contributed by atoms with van der Waals surface area (Å²) >= 11 is 1.35. The van der Waals surface area contributed by atoms with Gasteiger partial charge in [0.2, 0.25) is 0 Å². The molecule has 2 aliphatic rings. The van der Waals surface area contributed by atoms with Crippen LogP contribution in [0, 0.1) is 6.57 Å². The molecular formula is C12H12N4O3S. The van der Waals surface area contributed by atoms with Crippen molar-refractivity contribution < 1.29 is 14.4 Å². The second-order valence-corrected chi connectivity index (χ2v) is 5.29. The molecule has 3 rings (SSSR count). The Morgan fingerprint density at radius 2 is 2.50 bits per heavy atom. The van der Waals surface area contributed by atoms with E-state index in [0.29, 0.717) is 17.4 Å². The monoisotopic (exact) mass is 292 g/mol. The molecule has 3 heterocycles. The third kappa shape index (κ3) is 1.67. The standard InChI is InChI=1S/C12H12N4O3S/c1-4-5-19-16-7-6-15(12(16)17)10(13-2)8-9(7)20-11(14-8)18-3/h4,7,10H,1,5-6H2,3H3/t7?,10-/m0/s1. The number of ether oxygens (including phenoxy) is 1. The molecule has 2 atom stereocenters. The molecule has 20 heavy (non-hydrogen) atoms. The molecule has 104 valence electrons. The Morgan fingerprint density at radius 3 is 3.15 bits per heavy atom. The molecule has 1 saturated heterocycles. The Hall–Kier alpha value is -2.11. The van der Waals surface area contributed by atoms with Gasteiger partial charge in [0.1, 0.15) is 6.04 Å². The Labute approximate surface area is 119 Å². The lowest BCUT2D eigenvalue weighted by molar-refractivity contribution is -0.118. The predicted molar refractivity (Wildman–Crippen MR) is 70.8 cm³/mol. The molecule has 8 heteroatoms. The number of carbonyl (C=O) groups excluding carboxylic acids is 1. The number of thiazole rings is 1. The van der Waals surface area contributed by atoms with E-state index in [-0.39, 0.29) is 18.7 Å². The van der Waals surface area contributed by atoms with Crippen molar-refractivity contribution >= 4 is 17.4 Å². The smallest absolute Gasteiger partial charge is 0.350 e. The van der Waals surface area contributed by atoms with E-state index in [1.165, 1.54) is 28.4 Å². The average Bonchev–Trinajstić information content (AvgIpc) is 3.00. The van der Waals surface area contributed by atoms with Crippen molar-refractivity contribution in [1.82, 2.24) is 14.9 Å². The number of hydroxylamine groups is 2. The maximum absolute atomic E-state index is 12.3. The van der Waals surface area contributed by atoms with Gasteiger partial charge >= 0.3 is 12.2 Å². The number of hydrogen-bond acceptors (Lipinski definition) is 5. The Morgan fingerprint density at radius 1 is 1.70 bits per heavy atom. The van der Waals surface area contributed by atoms with Gasteiger partial charge in [0.25, 0.3) is 5.19 Å². The largest absolute Gasteiger partial charge is 0.473 e. The summed E-state index contributed by atoms with van der Waals surface area (Å²) in [7, 11) is 1.53. The molecule has 0 spiro atoms. The van der Waals surface area contributed by atoms with Crippen LogP contribution in [0.5, 0.6) is 5.19 Å². The average molecular weight is 292 g/mol. The highest BCUT2D eigenvalue weighted by Gasteiger charge is 2.54. The number of urea groups is 1. The minimum Gasteiger partial charge on any atom is -0.473 e. The molecule has 1 aromatic heterocycles. The van der Waals surface area contributed by atoms with Crippen LogP contribution >= 0.6 is 11.3 Å². The maximum atomic E-state index is 12.3. The van der Waals surface area contributed by atoms with E-state index in [1.54, 1.807) is 6.08 Å². The predicted octanol–water partition coefficient (Wildman–Crippen LogP) is 1.98. The van der Waals surface area contributed by atoms with Crippen LogP contribution in [-0.2, 0) is 4.84 Å². The van der Waals surface area contributed by atoms with E-state index in [1.807, 2.05) is 0 Å². The van der Waals surface area contributed by atoms with Crippen LogP contribution in [0.25, 0.3) is 4.85 Å². The fraction of sp³-hybridized carbons (Fsp3) is 0.417. The van der Waals surface area contributed by atoms with Gasteiger partial charge in [0, 0.05) is 0 Å². The first-order valence-corrected chi connectivity index (χ1v) is 6.77. The quantitative estimate of drug-likeness (QED) is 0.629. The summed E-state index contributed by atoms with van der Waals surface area (Å²) in [6.07, 6.45) is 0.872. The molecule has 2 amide bonds. The van der Waals surface area contributed by atoms with Gasteiger partial charge in [-0.15, -0.1) is 6.58 Å². The van der Waals surface area contributed by atoms with E-state index in [0.717, 1.165) is 4.88 Å². The Kier molecular flexibility index (Phi) is 3.08. The van der Waals surface area contributed by atoms with Gasteiger partial charge < -0.3 is 4.74 Å². The molecule has 7 nitrogen and oxygen atoms in total. The van der Waals surface area contributed by atoms with E-state index in [9.17, 15) is 4.79 Å². The molecule has 0 radical (unpaired) electrons. The van der Waals surface area contributed by atoms with Crippen LogP contribution in [-0.4, -0.2) is 41.2 Å². The number of carbonyl (C=O) groups is 1. The summed E-state index contributed by atoms with van der Waals surface area (Å²) in [6, 6.07) is -0.543. The molecular weight excluding hydrogens is 280 g/mol. The lowest BCUT2D eigenvalue weighted by atomic mass is 10.1. The fourth-order valence-electron chi connectivity index (χ4n) is 2.38. The van der Waals surface area contributed by atoms with E-state index in [4.69, 9.17) is 16.1 Å². The lowest BCUT2D eigenvalue weighted by Crippen LogP contribution is -2.33. The van der Waals surface area contributed by atoms with E-state index < -0.39 is 6.17 Å². The fourth-order valence-corrected chi connectivity index (χ4v) is 3.36. The summed E-state index contributed by atoms with van der Waals surface area (Å²) in [6.45, 7) is 11.6. The van der Waals surface area contributed by atoms with E-state index in [2.05, 4.69) is 16.4 Å².